The second-order valence-corrected chi connectivity index (χ2v) is 7.05. The van der Waals surface area contributed by atoms with Gasteiger partial charge in [0.1, 0.15) is 0 Å². The highest BCUT2D eigenvalue weighted by Crippen LogP contribution is 2.08. The van der Waals surface area contributed by atoms with E-state index >= 15 is 0 Å². The van der Waals surface area contributed by atoms with Gasteiger partial charge in [0.25, 0.3) is 0 Å². The highest BCUT2D eigenvalue weighted by molar-refractivity contribution is 7.88. The van der Waals surface area contributed by atoms with Crippen LogP contribution in [-0.2, 0) is 15.8 Å². The summed E-state index contributed by atoms with van der Waals surface area (Å²) in [6.45, 7) is 6.02. The maximum absolute atomic E-state index is 11.9. The minimum Gasteiger partial charge on any atom is -0.393 e. The van der Waals surface area contributed by atoms with Gasteiger partial charge in [0.05, 0.1) is 11.9 Å². The lowest BCUT2D eigenvalue weighted by Gasteiger charge is -2.14. The standard InChI is InChI=1S/C14H23NO3S/c1-11(2)14(16)7-8-15-19(17,18)10-13-6-4-5-12(3)9-13/h4-6,9,11,14-16H,7-8,10H2,1-3H3. The summed E-state index contributed by atoms with van der Waals surface area (Å²) in [6.07, 6.45) is -0.0354. The van der Waals surface area contributed by atoms with Crippen molar-refractivity contribution in [3.05, 3.63) is 35.4 Å². The van der Waals surface area contributed by atoms with Crippen molar-refractivity contribution in [3.63, 3.8) is 0 Å². The largest absolute Gasteiger partial charge is 0.393 e. The summed E-state index contributed by atoms with van der Waals surface area (Å²) in [7, 11) is -3.33. The highest BCUT2D eigenvalue weighted by atomic mass is 32.2. The molecule has 1 aromatic carbocycles. The maximum Gasteiger partial charge on any atom is 0.215 e. The Balaban J connectivity index is 2.49. The van der Waals surface area contributed by atoms with E-state index in [1.165, 1.54) is 0 Å². The first kappa shape index (κ1) is 16.1. The number of aryl methyl sites for hydroxylation is 1. The van der Waals surface area contributed by atoms with Gasteiger partial charge in [-0.3, -0.25) is 0 Å². The van der Waals surface area contributed by atoms with Crippen molar-refractivity contribution in [2.45, 2.75) is 39.0 Å². The number of rotatable bonds is 7. The van der Waals surface area contributed by atoms with Crippen LogP contribution in [0.1, 0.15) is 31.4 Å². The Hall–Kier alpha value is -0.910. The first-order chi connectivity index (χ1) is 8.80. The lowest BCUT2D eigenvalue weighted by molar-refractivity contribution is 0.118. The van der Waals surface area contributed by atoms with Crippen molar-refractivity contribution in [2.75, 3.05) is 6.54 Å². The summed E-state index contributed by atoms with van der Waals surface area (Å²) in [5.41, 5.74) is 1.82. The van der Waals surface area contributed by atoms with Crippen LogP contribution in [0.15, 0.2) is 24.3 Å². The van der Waals surface area contributed by atoms with Crippen molar-refractivity contribution in [3.8, 4) is 0 Å². The summed E-state index contributed by atoms with van der Waals surface area (Å²) in [5, 5.41) is 9.61. The van der Waals surface area contributed by atoms with E-state index in [0.717, 1.165) is 11.1 Å². The van der Waals surface area contributed by atoms with Gasteiger partial charge in [-0.2, -0.15) is 0 Å². The lowest BCUT2D eigenvalue weighted by Crippen LogP contribution is -2.29. The zero-order valence-corrected chi connectivity index (χ0v) is 12.6. The van der Waals surface area contributed by atoms with Crippen LogP contribution in [0, 0.1) is 12.8 Å². The Kier molecular flexibility index (Phi) is 5.97. The highest BCUT2D eigenvalue weighted by Gasteiger charge is 2.13. The van der Waals surface area contributed by atoms with Gasteiger partial charge in [-0.25, -0.2) is 13.1 Å². The van der Waals surface area contributed by atoms with Gasteiger partial charge < -0.3 is 5.11 Å². The van der Waals surface area contributed by atoms with Gasteiger partial charge in [-0.1, -0.05) is 43.7 Å². The molecule has 0 saturated carbocycles. The maximum atomic E-state index is 11.9. The van der Waals surface area contributed by atoms with Crippen LogP contribution in [0.25, 0.3) is 0 Å². The fourth-order valence-corrected chi connectivity index (χ4v) is 2.92. The minimum absolute atomic E-state index is 0.0214. The average molecular weight is 285 g/mol. The molecule has 0 aromatic heterocycles. The minimum atomic E-state index is -3.33. The molecule has 2 N–H and O–H groups in total. The fraction of sp³-hybridized carbons (Fsp3) is 0.571. The molecule has 0 spiro atoms. The van der Waals surface area contributed by atoms with Gasteiger partial charge in [0.15, 0.2) is 0 Å². The fourth-order valence-electron chi connectivity index (χ4n) is 1.77. The molecule has 19 heavy (non-hydrogen) atoms. The van der Waals surface area contributed by atoms with Crippen LogP contribution in [0.4, 0.5) is 0 Å². The summed E-state index contributed by atoms with van der Waals surface area (Å²) in [4.78, 5) is 0. The van der Waals surface area contributed by atoms with Gasteiger partial charge in [-0.05, 0) is 24.8 Å². The van der Waals surface area contributed by atoms with Crippen LogP contribution >= 0.6 is 0 Å². The second-order valence-electron chi connectivity index (χ2n) is 5.24. The van der Waals surface area contributed by atoms with E-state index in [4.69, 9.17) is 0 Å². The Morgan fingerprint density at radius 1 is 1.32 bits per heavy atom. The summed E-state index contributed by atoms with van der Waals surface area (Å²) in [6, 6.07) is 7.45. The molecule has 1 atom stereocenters. The average Bonchev–Trinajstić information content (AvgIpc) is 2.27. The molecule has 0 saturated heterocycles. The van der Waals surface area contributed by atoms with Crippen LogP contribution in [0.5, 0.6) is 0 Å². The molecule has 0 heterocycles. The topological polar surface area (TPSA) is 66.4 Å². The molecule has 5 heteroatoms. The number of hydrogen-bond acceptors (Lipinski definition) is 3. The molecular formula is C14H23NO3S. The molecule has 0 aliphatic rings. The molecular weight excluding hydrogens is 262 g/mol. The predicted octanol–water partition coefficient (Wildman–Crippen LogP) is 1.82. The normalized spacial score (nSPS) is 13.7. The van der Waals surface area contributed by atoms with Crippen molar-refractivity contribution in [2.24, 2.45) is 5.92 Å². The van der Waals surface area contributed by atoms with E-state index < -0.39 is 16.1 Å². The number of aliphatic hydroxyl groups excluding tert-OH is 1. The summed E-state index contributed by atoms with van der Waals surface area (Å²) < 4.78 is 26.3. The van der Waals surface area contributed by atoms with E-state index in [2.05, 4.69) is 4.72 Å². The van der Waals surface area contributed by atoms with Crippen molar-refractivity contribution in [1.29, 1.82) is 0 Å². The first-order valence-electron chi connectivity index (χ1n) is 6.51. The van der Waals surface area contributed by atoms with E-state index in [9.17, 15) is 13.5 Å². The molecule has 0 radical (unpaired) electrons. The third-order valence-electron chi connectivity index (χ3n) is 2.97. The Bertz CT molecular complexity index is 497. The summed E-state index contributed by atoms with van der Waals surface area (Å²) in [5.74, 6) is 0.119. The van der Waals surface area contributed by atoms with Gasteiger partial charge in [0.2, 0.25) is 10.0 Å². The predicted molar refractivity (Wildman–Crippen MR) is 77.3 cm³/mol. The smallest absolute Gasteiger partial charge is 0.215 e. The SMILES string of the molecule is Cc1cccc(CS(=O)(=O)NCCC(O)C(C)C)c1. The number of nitrogens with one attached hydrogen (secondary N) is 1. The number of sulfonamides is 1. The number of hydrogen-bond donors (Lipinski definition) is 2. The monoisotopic (exact) mass is 285 g/mol. The number of benzene rings is 1. The quantitative estimate of drug-likeness (QED) is 0.803. The van der Waals surface area contributed by atoms with E-state index in [-0.39, 0.29) is 18.2 Å². The van der Waals surface area contributed by atoms with Crippen LogP contribution < -0.4 is 4.72 Å². The van der Waals surface area contributed by atoms with Gasteiger partial charge >= 0.3 is 0 Å². The van der Waals surface area contributed by atoms with E-state index in [1.54, 1.807) is 6.07 Å². The second kappa shape index (κ2) is 7.03. The van der Waals surface area contributed by atoms with Crippen molar-refractivity contribution < 1.29 is 13.5 Å². The van der Waals surface area contributed by atoms with Gasteiger partial charge in [0, 0.05) is 6.54 Å². The van der Waals surface area contributed by atoms with E-state index in [0.29, 0.717) is 6.42 Å². The van der Waals surface area contributed by atoms with Crippen LogP contribution in [0.3, 0.4) is 0 Å². The molecule has 108 valence electrons. The molecule has 0 bridgehead atoms. The zero-order valence-electron chi connectivity index (χ0n) is 11.8. The van der Waals surface area contributed by atoms with Gasteiger partial charge in [-0.15, -0.1) is 0 Å². The molecule has 4 nitrogen and oxygen atoms in total. The Morgan fingerprint density at radius 3 is 2.58 bits per heavy atom. The number of aliphatic hydroxyl groups is 1. The molecule has 1 rings (SSSR count). The Labute approximate surface area is 115 Å². The summed E-state index contributed by atoms with van der Waals surface area (Å²) >= 11 is 0. The third kappa shape index (κ3) is 6.18. The zero-order chi connectivity index (χ0) is 14.5. The van der Waals surface area contributed by atoms with E-state index in [1.807, 2.05) is 39.0 Å². The molecule has 1 unspecified atom stereocenters. The third-order valence-corrected chi connectivity index (χ3v) is 4.33. The van der Waals surface area contributed by atoms with Crippen LogP contribution in [-0.4, -0.2) is 26.2 Å². The first-order valence-corrected chi connectivity index (χ1v) is 8.16. The van der Waals surface area contributed by atoms with Crippen LogP contribution in [0.2, 0.25) is 0 Å². The lowest BCUT2D eigenvalue weighted by atomic mass is 10.1. The molecule has 0 fully saturated rings. The Morgan fingerprint density at radius 2 is 2.00 bits per heavy atom. The molecule has 0 aliphatic heterocycles. The van der Waals surface area contributed by atoms with Crippen molar-refractivity contribution in [1.82, 2.24) is 4.72 Å². The molecule has 1 aromatic rings. The molecule has 0 amide bonds. The molecule has 0 aliphatic carbocycles. The van der Waals surface area contributed by atoms with Crippen molar-refractivity contribution >= 4 is 10.0 Å².